The molecule has 0 radical (unpaired) electrons. The average molecular weight is 309 g/mol. The van der Waals surface area contributed by atoms with Gasteiger partial charge in [0.25, 0.3) is 0 Å². The normalized spacial score (nSPS) is 14.2. The van der Waals surface area contributed by atoms with Crippen molar-refractivity contribution in [1.29, 1.82) is 0 Å². The zero-order chi connectivity index (χ0) is 15.4. The summed E-state index contributed by atoms with van der Waals surface area (Å²) in [4.78, 5) is 22.7. The van der Waals surface area contributed by atoms with Gasteiger partial charge in [-0.2, -0.15) is 0 Å². The first-order valence-electron chi connectivity index (χ1n) is 6.10. The van der Waals surface area contributed by atoms with Gasteiger partial charge >= 0.3 is 11.9 Å². The average Bonchev–Trinajstić information content (AvgIpc) is 2.47. The van der Waals surface area contributed by atoms with Crippen LogP contribution in [0.15, 0.2) is 0 Å². The molecular weight excluding hydrogens is 286 g/mol. The van der Waals surface area contributed by atoms with E-state index in [1.54, 1.807) is 7.11 Å². The number of methoxy groups -OCH3 is 4. The topological polar surface area (TPSA) is 92.3 Å². The van der Waals surface area contributed by atoms with Gasteiger partial charge in [0.2, 0.25) is 0 Å². The van der Waals surface area contributed by atoms with Gasteiger partial charge in [-0.05, 0) is 0 Å². The van der Waals surface area contributed by atoms with E-state index in [-0.39, 0.29) is 6.42 Å². The summed E-state index contributed by atoms with van der Waals surface area (Å²) in [6, 6.07) is -0.730. The Kier molecular flexibility index (Phi) is 11.2. The molecule has 0 bridgehead atoms. The smallest absolute Gasteiger partial charge is 0.323 e. The SMILES string of the molecule is COCC(OC)O[SiH2]CNC(CC(=O)OC)C(=O)OC. The number of esters is 2. The van der Waals surface area contributed by atoms with E-state index in [0.29, 0.717) is 12.8 Å². The lowest BCUT2D eigenvalue weighted by Gasteiger charge is -2.18. The Labute approximate surface area is 121 Å². The van der Waals surface area contributed by atoms with E-state index in [1.165, 1.54) is 21.3 Å². The molecule has 20 heavy (non-hydrogen) atoms. The van der Waals surface area contributed by atoms with Crippen LogP contribution in [0.3, 0.4) is 0 Å². The van der Waals surface area contributed by atoms with Crippen LogP contribution >= 0.6 is 0 Å². The van der Waals surface area contributed by atoms with Gasteiger partial charge in [-0.3, -0.25) is 9.59 Å². The van der Waals surface area contributed by atoms with Gasteiger partial charge < -0.3 is 28.7 Å². The summed E-state index contributed by atoms with van der Waals surface area (Å²) in [5, 5.41) is 2.92. The van der Waals surface area contributed by atoms with Crippen LogP contribution in [-0.4, -0.2) is 75.2 Å². The van der Waals surface area contributed by atoms with E-state index in [9.17, 15) is 9.59 Å². The van der Waals surface area contributed by atoms with Crippen LogP contribution in [0.25, 0.3) is 0 Å². The minimum Gasteiger partial charge on any atom is -0.469 e. The maximum Gasteiger partial charge on any atom is 0.323 e. The fourth-order valence-corrected chi connectivity index (χ4v) is 2.45. The fraction of sp³-hybridized carbons (Fsp3) is 0.818. The molecule has 0 spiro atoms. The molecule has 0 aliphatic carbocycles. The number of carbonyl (C=O) groups is 2. The van der Waals surface area contributed by atoms with Crippen molar-refractivity contribution in [2.75, 3.05) is 41.2 Å². The summed E-state index contributed by atoms with van der Waals surface area (Å²) in [6.45, 7) is 0.339. The summed E-state index contributed by atoms with van der Waals surface area (Å²) in [6.07, 6.45) is -0.00500. The summed E-state index contributed by atoms with van der Waals surface area (Å²) in [5.41, 5.74) is 0. The molecule has 0 fully saturated rings. The van der Waals surface area contributed by atoms with Gasteiger partial charge in [0.05, 0.1) is 27.2 Å². The number of ether oxygens (including phenoxy) is 4. The van der Waals surface area contributed by atoms with E-state index < -0.39 is 34.0 Å². The standard InChI is InChI=1S/C11H23NO7Si/c1-15-6-10(17-3)19-20-7-12-8(11(14)18-4)5-9(13)16-2/h8,10,12H,5-7,20H2,1-4H3. The van der Waals surface area contributed by atoms with Crippen LogP contribution in [-0.2, 0) is 33.0 Å². The molecule has 0 saturated heterocycles. The van der Waals surface area contributed by atoms with Crippen LogP contribution in [0.2, 0.25) is 0 Å². The lowest BCUT2D eigenvalue weighted by Crippen LogP contribution is -2.42. The Morgan fingerprint density at radius 3 is 2.35 bits per heavy atom. The first kappa shape index (κ1) is 19.0. The van der Waals surface area contributed by atoms with Crippen molar-refractivity contribution >= 4 is 21.7 Å². The first-order valence-corrected chi connectivity index (χ1v) is 7.68. The zero-order valence-corrected chi connectivity index (χ0v) is 13.8. The highest BCUT2D eigenvalue weighted by Crippen LogP contribution is 1.97. The fourth-order valence-electron chi connectivity index (χ4n) is 1.37. The number of nitrogens with one attached hydrogen (secondary N) is 1. The van der Waals surface area contributed by atoms with Crippen molar-refractivity contribution in [2.45, 2.75) is 18.8 Å². The van der Waals surface area contributed by atoms with Crippen molar-refractivity contribution in [3.63, 3.8) is 0 Å². The third kappa shape index (κ3) is 8.22. The Hall–Kier alpha value is -1.00. The summed E-state index contributed by atoms with van der Waals surface area (Å²) in [5.74, 6) is -0.991. The predicted octanol–water partition coefficient (Wildman–Crippen LogP) is -1.64. The van der Waals surface area contributed by atoms with Gasteiger partial charge in [-0.15, -0.1) is 0 Å². The monoisotopic (exact) mass is 309 g/mol. The third-order valence-corrected chi connectivity index (χ3v) is 3.55. The maximum absolute atomic E-state index is 11.5. The number of hydrogen-bond donors (Lipinski definition) is 1. The van der Waals surface area contributed by atoms with Gasteiger partial charge in [0, 0.05) is 20.4 Å². The number of hydrogen-bond acceptors (Lipinski definition) is 8. The van der Waals surface area contributed by atoms with Crippen LogP contribution in [0.1, 0.15) is 6.42 Å². The molecular formula is C11H23NO7Si. The molecule has 1 N–H and O–H groups in total. The second-order valence-electron chi connectivity index (χ2n) is 3.80. The maximum atomic E-state index is 11.5. The molecule has 0 amide bonds. The lowest BCUT2D eigenvalue weighted by atomic mass is 10.2. The second-order valence-corrected chi connectivity index (χ2v) is 5.04. The van der Waals surface area contributed by atoms with Gasteiger partial charge in [-0.25, -0.2) is 0 Å². The van der Waals surface area contributed by atoms with E-state index >= 15 is 0 Å². The number of rotatable bonds is 11. The Morgan fingerprint density at radius 1 is 1.15 bits per heavy atom. The molecule has 2 unspecified atom stereocenters. The van der Waals surface area contributed by atoms with Gasteiger partial charge in [-0.1, -0.05) is 0 Å². The van der Waals surface area contributed by atoms with Crippen LogP contribution in [0.5, 0.6) is 0 Å². The molecule has 0 aromatic heterocycles. The molecule has 0 heterocycles. The molecule has 0 aromatic rings. The third-order valence-electron chi connectivity index (χ3n) is 2.45. The lowest BCUT2D eigenvalue weighted by molar-refractivity contribution is -0.149. The Morgan fingerprint density at radius 2 is 1.85 bits per heavy atom. The summed E-state index contributed by atoms with van der Waals surface area (Å²) < 4.78 is 24.6. The molecule has 0 aromatic carbocycles. The summed E-state index contributed by atoms with van der Waals surface area (Å²) in [7, 11) is 4.65. The van der Waals surface area contributed by atoms with Gasteiger partial charge in [0.1, 0.15) is 6.04 Å². The van der Waals surface area contributed by atoms with Crippen molar-refractivity contribution in [3.05, 3.63) is 0 Å². The molecule has 118 valence electrons. The van der Waals surface area contributed by atoms with Crippen molar-refractivity contribution < 1.29 is 33.0 Å². The highest BCUT2D eigenvalue weighted by molar-refractivity contribution is 6.27. The van der Waals surface area contributed by atoms with Crippen LogP contribution < -0.4 is 5.32 Å². The van der Waals surface area contributed by atoms with E-state index in [4.69, 9.17) is 13.9 Å². The molecule has 8 nitrogen and oxygen atoms in total. The summed E-state index contributed by atoms with van der Waals surface area (Å²) >= 11 is 0. The van der Waals surface area contributed by atoms with Crippen LogP contribution in [0, 0.1) is 0 Å². The number of carbonyl (C=O) groups excluding carboxylic acids is 2. The van der Waals surface area contributed by atoms with Crippen molar-refractivity contribution in [1.82, 2.24) is 5.32 Å². The quantitative estimate of drug-likeness (QED) is 0.210. The molecule has 0 rings (SSSR count). The van der Waals surface area contributed by atoms with E-state index in [1.807, 2.05) is 0 Å². The minimum atomic E-state index is -0.966. The Balaban J connectivity index is 4.07. The minimum absolute atomic E-state index is 0.0800. The van der Waals surface area contributed by atoms with E-state index in [0.717, 1.165) is 0 Å². The largest absolute Gasteiger partial charge is 0.469 e. The van der Waals surface area contributed by atoms with Crippen LogP contribution in [0.4, 0.5) is 0 Å². The second kappa shape index (κ2) is 11.8. The zero-order valence-electron chi connectivity index (χ0n) is 12.3. The highest BCUT2D eigenvalue weighted by Gasteiger charge is 2.22. The Bertz CT molecular complexity index is 290. The van der Waals surface area contributed by atoms with E-state index in [2.05, 4.69) is 14.8 Å². The first-order chi connectivity index (χ1) is 9.58. The van der Waals surface area contributed by atoms with Crippen molar-refractivity contribution in [3.8, 4) is 0 Å². The predicted molar refractivity (Wildman–Crippen MR) is 72.7 cm³/mol. The molecule has 0 aliphatic rings. The van der Waals surface area contributed by atoms with Gasteiger partial charge in [0.15, 0.2) is 16.1 Å². The molecule has 0 aliphatic heterocycles. The molecule has 0 saturated carbocycles. The van der Waals surface area contributed by atoms with Crippen molar-refractivity contribution in [2.24, 2.45) is 0 Å². The highest BCUT2D eigenvalue weighted by atomic mass is 28.2. The molecule has 2 atom stereocenters. The molecule has 9 heteroatoms.